The largest absolute Gasteiger partial charge is 0.394 e. The lowest BCUT2D eigenvalue weighted by molar-refractivity contribution is 0.186. The highest BCUT2D eigenvalue weighted by Gasteiger charge is 1.91. The molecule has 4 N–H and O–H groups in total. The van der Waals surface area contributed by atoms with Crippen molar-refractivity contribution in [3.8, 4) is 0 Å². The van der Waals surface area contributed by atoms with Gasteiger partial charge in [0.2, 0.25) is 0 Å². The molecule has 226 valence electrons. The van der Waals surface area contributed by atoms with Gasteiger partial charge < -0.3 is 15.9 Å². The molecule has 0 rings (SSSR count). The van der Waals surface area contributed by atoms with Crippen LogP contribution in [0.25, 0.3) is 0 Å². The van der Waals surface area contributed by atoms with E-state index in [1.165, 1.54) is 64.2 Å². The van der Waals surface area contributed by atoms with Crippen molar-refractivity contribution in [1.29, 1.82) is 0 Å². The molecule has 37 heavy (non-hydrogen) atoms. The van der Waals surface area contributed by atoms with E-state index in [2.05, 4.69) is 139 Å². The first kappa shape index (κ1) is 76.5. The van der Waals surface area contributed by atoms with Crippen LogP contribution in [0.2, 0.25) is 0 Å². The summed E-state index contributed by atoms with van der Waals surface area (Å²) in [6, 6.07) is 0. The molecule has 3 nitrogen and oxygen atoms in total. The molecule has 0 aromatic carbocycles. The Balaban J connectivity index is -0.0000000219. The summed E-state index contributed by atoms with van der Waals surface area (Å²) in [7, 11) is 0. The Morgan fingerprint density at radius 1 is 0.351 bits per heavy atom. The zero-order valence-electron chi connectivity index (χ0n) is 25.8. The molecule has 0 atom stereocenters. The van der Waals surface area contributed by atoms with Crippen LogP contribution >= 0.6 is 0 Å². The molecule has 0 aromatic rings. The molecule has 0 aliphatic rings. The summed E-state index contributed by atoms with van der Waals surface area (Å²) in [6.45, 7) is 62.9. The van der Waals surface area contributed by atoms with E-state index >= 15 is 0 Å². The van der Waals surface area contributed by atoms with Crippen molar-refractivity contribution < 1.29 is 10.2 Å². The molecular formula is C34H73NO2. The van der Waals surface area contributed by atoms with Gasteiger partial charge >= 0.3 is 0 Å². The maximum Gasteiger partial charge on any atom is 0.0662 e. The van der Waals surface area contributed by atoms with Crippen molar-refractivity contribution in [2.24, 2.45) is 5.73 Å². The molecule has 3 heteroatoms. The molecule has 0 aliphatic carbocycles. The van der Waals surface area contributed by atoms with Crippen LogP contribution in [0.1, 0.15) is 71.1 Å². The van der Waals surface area contributed by atoms with Crippen LogP contribution in [0.3, 0.4) is 0 Å². The molecule has 0 aliphatic heterocycles. The first-order chi connectivity index (χ1) is 18.3. The topological polar surface area (TPSA) is 66.5 Å². The van der Waals surface area contributed by atoms with Gasteiger partial charge in [0.15, 0.2) is 0 Å². The van der Waals surface area contributed by atoms with Gasteiger partial charge in [0.05, 0.1) is 13.2 Å². The number of unbranched alkanes of at least 4 members (excludes halogenated alkanes) is 9. The maximum atomic E-state index is 7.62. The highest BCUT2D eigenvalue weighted by atomic mass is 16.3. The second-order valence-corrected chi connectivity index (χ2v) is 4.42. The summed E-state index contributed by atoms with van der Waals surface area (Å²) in [5.74, 6) is 0. The summed E-state index contributed by atoms with van der Waals surface area (Å²) >= 11 is 0. The van der Waals surface area contributed by atoms with Crippen molar-refractivity contribution in [1.82, 2.24) is 0 Å². The Bertz CT molecular complexity index is 181. The zero-order chi connectivity index (χ0) is 33.2. The SMILES string of the molecule is C=C.C=C.C=C.C=C.C=C.C=C.C=C.C=C.C=C.C=C.CCCCCCCCCCCCN.OCCO. The first-order valence-corrected chi connectivity index (χ1v) is 12.2. The molecule has 0 bridgehead atoms. The van der Waals surface area contributed by atoms with E-state index < -0.39 is 0 Å². The highest BCUT2D eigenvalue weighted by molar-refractivity contribution is 4.47. The van der Waals surface area contributed by atoms with Gasteiger partial charge in [0.1, 0.15) is 0 Å². The lowest BCUT2D eigenvalue weighted by Crippen LogP contribution is -1.97. The van der Waals surface area contributed by atoms with Crippen LogP contribution in [-0.2, 0) is 0 Å². The van der Waals surface area contributed by atoms with Crippen LogP contribution in [0, 0.1) is 0 Å². The summed E-state index contributed by atoms with van der Waals surface area (Å²) in [4.78, 5) is 0. The van der Waals surface area contributed by atoms with E-state index in [-0.39, 0.29) is 13.2 Å². The first-order valence-electron chi connectivity index (χ1n) is 12.2. The van der Waals surface area contributed by atoms with Crippen LogP contribution in [0.15, 0.2) is 132 Å². The highest BCUT2D eigenvalue weighted by Crippen LogP contribution is 2.09. The van der Waals surface area contributed by atoms with Crippen molar-refractivity contribution in [3.63, 3.8) is 0 Å². The third-order valence-electron chi connectivity index (χ3n) is 2.66. The standard InChI is InChI=1S/C12H27N.C2H6O2.10C2H4/c1-2-3-4-5-6-7-8-9-10-11-12-13;3-1-2-4;10*1-2/h2-13H2,1H3;3-4H,1-2H2;10*1-2H2. The van der Waals surface area contributed by atoms with Gasteiger partial charge in [-0.05, 0) is 13.0 Å². The lowest BCUT2D eigenvalue weighted by Gasteiger charge is -2.00. The molecular weight excluding hydrogens is 454 g/mol. The van der Waals surface area contributed by atoms with E-state index in [4.69, 9.17) is 15.9 Å². The Morgan fingerprint density at radius 2 is 0.514 bits per heavy atom. The Hall–Kier alpha value is -2.72. The number of aliphatic hydroxyl groups excluding tert-OH is 2. The zero-order valence-corrected chi connectivity index (χ0v) is 25.8. The second-order valence-electron chi connectivity index (χ2n) is 4.42. The average Bonchev–Trinajstić information content (AvgIpc) is 3.06. The Labute approximate surface area is 238 Å². The molecule has 0 radical (unpaired) electrons. The second kappa shape index (κ2) is 328. The molecule has 0 amide bonds. The fraction of sp³-hybridized carbons (Fsp3) is 0.412. The summed E-state index contributed by atoms with van der Waals surface area (Å²) in [6.07, 6.45) is 13.9. The summed E-state index contributed by atoms with van der Waals surface area (Å²) in [5, 5.41) is 15.2. The third kappa shape index (κ3) is 475. The minimum atomic E-state index is -0.125. The van der Waals surface area contributed by atoms with Crippen LogP contribution < -0.4 is 5.73 Å². The van der Waals surface area contributed by atoms with Gasteiger partial charge in [-0.25, -0.2) is 0 Å². The monoisotopic (exact) mass is 528 g/mol. The van der Waals surface area contributed by atoms with Gasteiger partial charge in [-0.2, -0.15) is 0 Å². The quantitative estimate of drug-likeness (QED) is 0.185. The van der Waals surface area contributed by atoms with E-state index in [1.807, 2.05) is 0 Å². The molecule has 0 saturated heterocycles. The molecule has 0 unspecified atom stereocenters. The predicted molar refractivity (Wildman–Crippen MR) is 188 cm³/mol. The maximum absolute atomic E-state index is 7.62. The van der Waals surface area contributed by atoms with E-state index in [1.54, 1.807) is 0 Å². The summed E-state index contributed by atoms with van der Waals surface area (Å²) in [5.41, 5.74) is 5.42. The molecule has 0 spiro atoms. The number of hydrogen-bond donors (Lipinski definition) is 3. The van der Waals surface area contributed by atoms with Crippen LogP contribution in [0.5, 0.6) is 0 Å². The van der Waals surface area contributed by atoms with Crippen LogP contribution in [0.4, 0.5) is 0 Å². The molecule has 0 aromatic heterocycles. The molecule has 0 heterocycles. The lowest BCUT2D eigenvalue weighted by atomic mass is 10.1. The third-order valence-corrected chi connectivity index (χ3v) is 2.66. The van der Waals surface area contributed by atoms with E-state index in [9.17, 15) is 0 Å². The van der Waals surface area contributed by atoms with Gasteiger partial charge in [0, 0.05) is 0 Å². The van der Waals surface area contributed by atoms with Gasteiger partial charge in [0.25, 0.3) is 0 Å². The fourth-order valence-corrected chi connectivity index (χ4v) is 1.63. The van der Waals surface area contributed by atoms with E-state index in [0.29, 0.717) is 0 Å². The predicted octanol–water partition coefficient (Wildman–Crippen LogP) is 10.9. The Kier molecular flexibility index (Phi) is 678. The van der Waals surface area contributed by atoms with Gasteiger partial charge in [-0.3, -0.25) is 0 Å². The normalized spacial score (nSPS) is 5.62. The van der Waals surface area contributed by atoms with Crippen LogP contribution in [-0.4, -0.2) is 30.0 Å². The molecule has 0 fully saturated rings. The molecule has 0 saturated carbocycles. The minimum absolute atomic E-state index is 0.125. The van der Waals surface area contributed by atoms with Crippen molar-refractivity contribution in [3.05, 3.63) is 132 Å². The van der Waals surface area contributed by atoms with E-state index in [0.717, 1.165) is 6.54 Å². The number of aliphatic hydroxyl groups is 2. The van der Waals surface area contributed by atoms with Gasteiger partial charge in [-0.15, -0.1) is 132 Å². The minimum Gasteiger partial charge on any atom is -0.394 e. The van der Waals surface area contributed by atoms with Crippen molar-refractivity contribution >= 4 is 0 Å². The fourth-order valence-electron chi connectivity index (χ4n) is 1.63. The average molecular weight is 528 g/mol. The van der Waals surface area contributed by atoms with Gasteiger partial charge in [-0.1, -0.05) is 64.7 Å². The number of rotatable bonds is 11. The van der Waals surface area contributed by atoms with Crippen molar-refractivity contribution in [2.75, 3.05) is 19.8 Å². The smallest absolute Gasteiger partial charge is 0.0662 e. The van der Waals surface area contributed by atoms with Crippen molar-refractivity contribution in [2.45, 2.75) is 71.1 Å². The summed E-state index contributed by atoms with van der Waals surface area (Å²) < 4.78 is 0. The number of hydrogen-bond acceptors (Lipinski definition) is 3. The number of nitrogens with two attached hydrogens (primary N) is 1. The Morgan fingerprint density at radius 3 is 0.649 bits per heavy atom.